The van der Waals surface area contributed by atoms with Gasteiger partial charge >= 0.3 is 12.0 Å². The van der Waals surface area contributed by atoms with Crippen LogP contribution in [0.25, 0.3) is 0 Å². The predicted octanol–water partition coefficient (Wildman–Crippen LogP) is -0.574. The molecule has 0 aromatic carbocycles. The Balaban J connectivity index is 2.25. The van der Waals surface area contributed by atoms with Gasteiger partial charge < -0.3 is 20.1 Å². The lowest BCUT2D eigenvalue weighted by Crippen LogP contribution is -2.27. The van der Waals surface area contributed by atoms with Crippen molar-refractivity contribution in [2.24, 2.45) is 5.73 Å². The van der Waals surface area contributed by atoms with Crippen molar-refractivity contribution in [2.75, 3.05) is 32.2 Å². The van der Waals surface area contributed by atoms with Crippen molar-refractivity contribution < 1.29 is 9.47 Å². The number of ether oxygens (including phenoxy) is 2. The Kier molecular flexibility index (Phi) is 3.04. The number of rotatable bonds is 3. The second-order valence-electron chi connectivity index (χ2n) is 3.60. The third-order valence-electron chi connectivity index (χ3n) is 2.46. The van der Waals surface area contributed by atoms with Crippen LogP contribution in [0.3, 0.4) is 0 Å². The third kappa shape index (κ3) is 2.13. The fourth-order valence-corrected chi connectivity index (χ4v) is 1.62. The zero-order valence-corrected chi connectivity index (χ0v) is 9.38. The normalized spacial score (nSPS) is 19.9. The van der Waals surface area contributed by atoms with Crippen molar-refractivity contribution in [3.8, 4) is 12.0 Å². The largest absolute Gasteiger partial charge is 0.467 e. The third-order valence-corrected chi connectivity index (χ3v) is 2.46. The summed E-state index contributed by atoms with van der Waals surface area (Å²) in [5.74, 6) is 0.552. The van der Waals surface area contributed by atoms with E-state index in [9.17, 15) is 0 Å². The van der Waals surface area contributed by atoms with E-state index >= 15 is 0 Å². The van der Waals surface area contributed by atoms with Gasteiger partial charge in [0.15, 0.2) is 0 Å². The summed E-state index contributed by atoms with van der Waals surface area (Å²) in [5.41, 5.74) is 5.83. The van der Waals surface area contributed by atoms with Gasteiger partial charge in [0.25, 0.3) is 0 Å². The van der Waals surface area contributed by atoms with E-state index in [4.69, 9.17) is 15.2 Å². The Morgan fingerprint density at radius 2 is 1.81 bits per heavy atom. The number of aromatic nitrogens is 3. The fourth-order valence-electron chi connectivity index (χ4n) is 1.62. The molecule has 1 aromatic heterocycles. The second-order valence-corrected chi connectivity index (χ2v) is 3.60. The standard InChI is InChI=1S/C9H15N5O2/c1-15-8-11-7(12-9(13-8)16-2)14-4-3-6(10)5-14/h6H,3-5,10H2,1-2H3. The van der Waals surface area contributed by atoms with E-state index in [0.717, 1.165) is 19.5 Å². The lowest BCUT2D eigenvalue weighted by Gasteiger charge is -2.15. The summed E-state index contributed by atoms with van der Waals surface area (Å²) in [7, 11) is 3.02. The van der Waals surface area contributed by atoms with Crippen LogP contribution in [0, 0.1) is 0 Å². The van der Waals surface area contributed by atoms with Crippen LogP contribution < -0.4 is 20.1 Å². The van der Waals surface area contributed by atoms with Gasteiger partial charge in [0.05, 0.1) is 14.2 Å². The molecule has 0 aliphatic carbocycles. The van der Waals surface area contributed by atoms with E-state index < -0.39 is 0 Å². The topological polar surface area (TPSA) is 86.4 Å². The first-order chi connectivity index (χ1) is 7.72. The number of hydrogen-bond acceptors (Lipinski definition) is 7. The maximum absolute atomic E-state index is 5.83. The van der Waals surface area contributed by atoms with Gasteiger partial charge in [-0.15, -0.1) is 4.98 Å². The van der Waals surface area contributed by atoms with Crippen LogP contribution in [0.1, 0.15) is 6.42 Å². The molecule has 2 heterocycles. The molecule has 0 bridgehead atoms. The summed E-state index contributed by atoms with van der Waals surface area (Å²) in [5, 5.41) is 0. The highest BCUT2D eigenvalue weighted by atomic mass is 16.5. The SMILES string of the molecule is COc1nc(OC)nc(N2CCC(N)C2)n1. The lowest BCUT2D eigenvalue weighted by molar-refractivity contribution is 0.340. The number of nitrogens with two attached hydrogens (primary N) is 1. The molecule has 0 spiro atoms. The van der Waals surface area contributed by atoms with Gasteiger partial charge in [-0.25, -0.2) is 0 Å². The molecule has 1 unspecified atom stereocenters. The average Bonchev–Trinajstić information content (AvgIpc) is 2.75. The molecule has 2 N–H and O–H groups in total. The van der Waals surface area contributed by atoms with Crippen molar-refractivity contribution in [1.82, 2.24) is 15.0 Å². The predicted molar refractivity (Wildman–Crippen MR) is 57.7 cm³/mol. The van der Waals surface area contributed by atoms with Crippen molar-refractivity contribution >= 4 is 5.95 Å². The van der Waals surface area contributed by atoms with Gasteiger partial charge in [-0.05, 0) is 6.42 Å². The highest BCUT2D eigenvalue weighted by Crippen LogP contribution is 2.19. The zero-order valence-electron chi connectivity index (χ0n) is 9.38. The number of hydrogen-bond donors (Lipinski definition) is 1. The molecule has 1 atom stereocenters. The maximum Gasteiger partial charge on any atom is 0.324 e. The zero-order chi connectivity index (χ0) is 11.5. The van der Waals surface area contributed by atoms with Gasteiger partial charge in [-0.3, -0.25) is 0 Å². The highest BCUT2D eigenvalue weighted by molar-refractivity contribution is 5.34. The molecule has 1 aliphatic rings. The van der Waals surface area contributed by atoms with Gasteiger partial charge in [-0.1, -0.05) is 0 Å². The Morgan fingerprint density at radius 3 is 2.25 bits per heavy atom. The van der Waals surface area contributed by atoms with Crippen LogP contribution in [0.15, 0.2) is 0 Å². The molecule has 0 radical (unpaired) electrons. The molecule has 0 saturated carbocycles. The first-order valence-electron chi connectivity index (χ1n) is 5.07. The summed E-state index contributed by atoms with van der Waals surface area (Å²) in [4.78, 5) is 14.3. The van der Waals surface area contributed by atoms with Crippen molar-refractivity contribution in [3.63, 3.8) is 0 Å². The Bertz CT molecular complexity index is 351. The van der Waals surface area contributed by atoms with Crippen molar-refractivity contribution in [2.45, 2.75) is 12.5 Å². The molecule has 7 heteroatoms. The minimum Gasteiger partial charge on any atom is -0.467 e. The van der Waals surface area contributed by atoms with Gasteiger partial charge in [0.2, 0.25) is 5.95 Å². The first-order valence-corrected chi connectivity index (χ1v) is 5.07. The van der Waals surface area contributed by atoms with Crippen LogP contribution in [0.4, 0.5) is 5.95 Å². The summed E-state index contributed by atoms with van der Waals surface area (Å²) in [6.07, 6.45) is 0.941. The van der Waals surface area contributed by atoms with E-state index in [-0.39, 0.29) is 18.1 Å². The maximum atomic E-state index is 5.83. The van der Waals surface area contributed by atoms with E-state index in [1.54, 1.807) is 0 Å². The molecule has 0 amide bonds. The highest BCUT2D eigenvalue weighted by Gasteiger charge is 2.22. The van der Waals surface area contributed by atoms with E-state index in [2.05, 4.69) is 15.0 Å². The smallest absolute Gasteiger partial charge is 0.324 e. The fraction of sp³-hybridized carbons (Fsp3) is 0.667. The molecule has 7 nitrogen and oxygen atoms in total. The summed E-state index contributed by atoms with van der Waals surface area (Å²) < 4.78 is 9.97. The molecular formula is C9H15N5O2. The first kappa shape index (κ1) is 10.9. The van der Waals surface area contributed by atoms with E-state index in [0.29, 0.717) is 5.95 Å². The Labute approximate surface area is 93.6 Å². The molecule has 1 fully saturated rings. The van der Waals surface area contributed by atoms with Crippen LogP contribution in [0.2, 0.25) is 0 Å². The van der Waals surface area contributed by atoms with Gasteiger partial charge in [0.1, 0.15) is 0 Å². The van der Waals surface area contributed by atoms with Crippen LogP contribution in [-0.4, -0.2) is 48.3 Å². The number of anilines is 1. The molecule has 2 rings (SSSR count). The number of methoxy groups -OCH3 is 2. The van der Waals surface area contributed by atoms with Crippen molar-refractivity contribution in [1.29, 1.82) is 0 Å². The molecule has 1 aromatic rings. The molecule has 1 aliphatic heterocycles. The van der Waals surface area contributed by atoms with E-state index in [1.807, 2.05) is 4.90 Å². The summed E-state index contributed by atoms with van der Waals surface area (Å²) in [6, 6.07) is 0.679. The number of nitrogens with zero attached hydrogens (tertiary/aromatic N) is 4. The molecule has 16 heavy (non-hydrogen) atoms. The van der Waals surface area contributed by atoms with Gasteiger partial charge in [-0.2, -0.15) is 9.97 Å². The van der Waals surface area contributed by atoms with Crippen LogP contribution in [-0.2, 0) is 0 Å². The van der Waals surface area contributed by atoms with Crippen molar-refractivity contribution in [3.05, 3.63) is 0 Å². The monoisotopic (exact) mass is 225 g/mol. The second kappa shape index (κ2) is 4.48. The Morgan fingerprint density at radius 1 is 1.19 bits per heavy atom. The molecule has 1 saturated heterocycles. The van der Waals surface area contributed by atoms with Crippen LogP contribution in [0.5, 0.6) is 12.0 Å². The summed E-state index contributed by atoms with van der Waals surface area (Å²) in [6.45, 7) is 1.59. The van der Waals surface area contributed by atoms with E-state index in [1.165, 1.54) is 14.2 Å². The quantitative estimate of drug-likeness (QED) is 0.736. The summed E-state index contributed by atoms with van der Waals surface area (Å²) >= 11 is 0. The molecular weight excluding hydrogens is 210 g/mol. The average molecular weight is 225 g/mol. The molecule has 88 valence electrons. The minimum atomic E-state index is 0.175. The Hall–Kier alpha value is -1.63. The minimum absolute atomic E-state index is 0.175. The van der Waals surface area contributed by atoms with Crippen LogP contribution >= 0.6 is 0 Å². The lowest BCUT2D eigenvalue weighted by atomic mass is 10.3. The van der Waals surface area contributed by atoms with Gasteiger partial charge in [0, 0.05) is 19.1 Å².